The molecule has 0 bridgehead atoms. The van der Waals surface area contributed by atoms with Gasteiger partial charge in [-0.1, -0.05) is 135 Å². The lowest BCUT2D eigenvalue weighted by Crippen LogP contribution is -2.15. The first-order valence-corrected chi connectivity index (χ1v) is 15.8. The summed E-state index contributed by atoms with van der Waals surface area (Å²) in [5.41, 5.74) is 13.1. The molecule has 0 aromatic heterocycles. The first-order chi connectivity index (χ1) is 22.0. The zero-order valence-corrected chi connectivity index (χ0v) is 26.1. The minimum absolute atomic E-state index is 0.125. The molecular weight excluding hydrogens is 566 g/mol. The van der Waals surface area contributed by atoms with Crippen LogP contribution in [0.3, 0.4) is 0 Å². The van der Waals surface area contributed by atoms with E-state index < -0.39 is 0 Å². The average Bonchev–Trinajstić information content (AvgIpc) is 3.32. The van der Waals surface area contributed by atoms with Gasteiger partial charge in [0.25, 0.3) is 0 Å². The normalized spacial score (nSPS) is 13.0. The summed E-state index contributed by atoms with van der Waals surface area (Å²) in [6.07, 6.45) is 0. The second kappa shape index (κ2) is 10.8. The first kappa shape index (κ1) is 27.4. The molecule has 8 rings (SSSR count). The molecule has 0 N–H and O–H groups in total. The Bertz CT molecular complexity index is 2180. The molecule has 1 aliphatic rings. The van der Waals surface area contributed by atoms with Crippen molar-refractivity contribution >= 4 is 39.4 Å². The maximum absolute atomic E-state index is 6.91. The van der Waals surface area contributed by atoms with E-state index in [1.54, 1.807) is 0 Å². The van der Waals surface area contributed by atoms with Crippen LogP contribution in [-0.2, 0) is 5.41 Å². The Kier molecular flexibility index (Phi) is 6.59. The SMILES string of the molecule is CC1(C)c2cc(-c3cc(Cl)cc(N(c4ccccc4)c4ccc(-c5ccccc5)cc4)c3)ccc2-c2ccc3ccccc3c21. The molecule has 1 aliphatic carbocycles. The van der Waals surface area contributed by atoms with Crippen LogP contribution in [0.4, 0.5) is 17.1 Å². The van der Waals surface area contributed by atoms with Gasteiger partial charge in [-0.2, -0.15) is 0 Å². The van der Waals surface area contributed by atoms with Gasteiger partial charge in [0.15, 0.2) is 0 Å². The highest BCUT2D eigenvalue weighted by Crippen LogP contribution is 2.52. The number of rotatable bonds is 5. The summed E-state index contributed by atoms with van der Waals surface area (Å²) in [4.78, 5) is 2.28. The Balaban J connectivity index is 1.23. The molecule has 0 aliphatic heterocycles. The molecule has 0 heterocycles. The van der Waals surface area contributed by atoms with E-state index in [0.717, 1.165) is 28.2 Å². The second-order valence-electron chi connectivity index (χ2n) is 12.4. The Morgan fingerprint density at radius 1 is 0.467 bits per heavy atom. The van der Waals surface area contributed by atoms with Crippen molar-refractivity contribution < 1.29 is 0 Å². The molecule has 0 saturated carbocycles. The van der Waals surface area contributed by atoms with E-state index >= 15 is 0 Å². The highest BCUT2D eigenvalue weighted by molar-refractivity contribution is 6.31. The number of para-hydroxylation sites is 1. The lowest BCUT2D eigenvalue weighted by molar-refractivity contribution is 0.666. The Morgan fingerprint density at radius 2 is 1.09 bits per heavy atom. The van der Waals surface area contributed by atoms with Crippen molar-refractivity contribution in [3.8, 4) is 33.4 Å². The summed E-state index contributed by atoms with van der Waals surface area (Å²) in [6, 6.07) is 56.4. The van der Waals surface area contributed by atoms with Gasteiger partial charge >= 0.3 is 0 Å². The van der Waals surface area contributed by atoms with Gasteiger partial charge in [-0.05, 0) is 104 Å². The summed E-state index contributed by atoms with van der Waals surface area (Å²) in [7, 11) is 0. The van der Waals surface area contributed by atoms with Crippen molar-refractivity contribution in [1.82, 2.24) is 0 Å². The Morgan fingerprint density at radius 3 is 1.87 bits per heavy atom. The molecule has 0 saturated heterocycles. The summed E-state index contributed by atoms with van der Waals surface area (Å²) < 4.78 is 0. The first-order valence-electron chi connectivity index (χ1n) is 15.5. The summed E-state index contributed by atoms with van der Waals surface area (Å²) in [5, 5.41) is 3.33. The van der Waals surface area contributed by atoms with Gasteiger partial charge in [-0.15, -0.1) is 0 Å². The molecule has 45 heavy (non-hydrogen) atoms. The molecule has 0 amide bonds. The number of benzene rings is 7. The van der Waals surface area contributed by atoms with E-state index in [1.807, 2.05) is 0 Å². The van der Waals surface area contributed by atoms with Crippen LogP contribution in [0.25, 0.3) is 44.2 Å². The van der Waals surface area contributed by atoms with Crippen LogP contribution in [-0.4, -0.2) is 0 Å². The van der Waals surface area contributed by atoms with Crippen LogP contribution < -0.4 is 4.90 Å². The number of fused-ring (bicyclic) bond motifs is 5. The van der Waals surface area contributed by atoms with E-state index in [4.69, 9.17) is 11.6 Å². The van der Waals surface area contributed by atoms with Gasteiger partial charge in [0, 0.05) is 27.5 Å². The van der Waals surface area contributed by atoms with Crippen molar-refractivity contribution in [3.05, 3.63) is 174 Å². The molecule has 0 fully saturated rings. The third-order valence-corrected chi connectivity index (χ3v) is 9.48. The smallest absolute Gasteiger partial charge is 0.0482 e. The molecule has 216 valence electrons. The summed E-state index contributed by atoms with van der Waals surface area (Å²) >= 11 is 6.91. The zero-order chi connectivity index (χ0) is 30.5. The standard InChI is InChI=1S/C43H32ClN/c1-43(2)41-27-32(20-23-39(41)40-24-19-31-13-9-10-16-38(31)42(40)43)33-25-34(44)28-37(26-33)45(35-14-7-4-8-15-35)36-21-17-30(18-22-36)29-11-5-3-6-12-29/h3-28H,1-2H3. The molecule has 0 spiro atoms. The zero-order valence-electron chi connectivity index (χ0n) is 25.3. The van der Waals surface area contributed by atoms with E-state index in [-0.39, 0.29) is 5.41 Å². The van der Waals surface area contributed by atoms with Crippen LogP contribution in [0.1, 0.15) is 25.0 Å². The van der Waals surface area contributed by atoms with E-state index in [9.17, 15) is 0 Å². The molecule has 2 heteroatoms. The fourth-order valence-corrected chi connectivity index (χ4v) is 7.34. The number of halogens is 1. The average molecular weight is 598 g/mol. The highest BCUT2D eigenvalue weighted by atomic mass is 35.5. The van der Waals surface area contributed by atoms with E-state index in [2.05, 4.69) is 176 Å². The van der Waals surface area contributed by atoms with Crippen molar-refractivity contribution in [3.63, 3.8) is 0 Å². The van der Waals surface area contributed by atoms with Gasteiger partial charge in [0.2, 0.25) is 0 Å². The fourth-order valence-electron chi connectivity index (χ4n) is 7.11. The minimum atomic E-state index is -0.125. The largest absolute Gasteiger partial charge is 0.310 e. The number of nitrogens with zero attached hydrogens (tertiary/aromatic N) is 1. The predicted octanol–water partition coefficient (Wildman–Crippen LogP) is 12.6. The van der Waals surface area contributed by atoms with Gasteiger partial charge in [0.05, 0.1) is 0 Å². The van der Waals surface area contributed by atoms with Crippen LogP contribution in [0.5, 0.6) is 0 Å². The molecule has 1 nitrogen and oxygen atoms in total. The number of anilines is 3. The fraction of sp³-hybridized carbons (Fsp3) is 0.0698. The van der Waals surface area contributed by atoms with Crippen LogP contribution in [0, 0.1) is 0 Å². The third kappa shape index (κ3) is 4.72. The van der Waals surface area contributed by atoms with Crippen LogP contribution in [0.2, 0.25) is 5.02 Å². The van der Waals surface area contributed by atoms with E-state index in [0.29, 0.717) is 5.02 Å². The van der Waals surface area contributed by atoms with Crippen LogP contribution >= 0.6 is 11.6 Å². The molecule has 7 aromatic rings. The van der Waals surface area contributed by atoms with Crippen molar-refractivity contribution in [1.29, 1.82) is 0 Å². The molecule has 0 atom stereocenters. The number of hydrogen-bond donors (Lipinski definition) is 0. The quantitative estimate of drug-likeness (QED) is 0.191. The van der Waals surface area contributed by atoms with E-state index in [1.165, 1.54) is 44.2 Å². The summed E-state index contributed by atoms with van der Waals surface area (Å²) in [5.74, 6) is 0. The maximum Gasteiger partial charge on any atom is 0.0482 e. The lowest BCUT2D eigenvalue weighted by Gasteiger charge is -2.27. The molecular formula is C43H32ClN. The topological polar surface area (TPSA) is 3.24 Å². The monoisotopic (exact) mass is 597 g/mol. The third-order valence-electron chi connectivity index (χ3n) is 9.26. The Hall–Kier alpha value is -5.11. The highest BCUT2D eigenvalue weighted by Gasteiger charge is 2.37. The predicted molar refractivity (Wildman–Crippen MR) is 192 cm³/mol. The molecule has 0 radical (unpaired) electrons. The van der Waals surface area contributed by atoms with Crippen LogP contribution in [0.15, 0.2) is 158 Å². The van der Waals surface area contributed by atoms with Gasteiger partial charge in [-0.3, -0.25) is 0 Å². The van der Waals surface area contributed by atoms with Crippen molar-refractivity contribution in [2.45, 2.75) is 19.3 Å². The van der Waals surface area contributed by atoms with Crippen molar-refractivity contribution in [2.75, 3.05) is 4.90 Å². The van der Waals surface area contributed by atoms with Gasteiger partial charge in [-0.25, -0.2) is 0 Å². The van der Waals surface area contributed by atoms with Gasteiger partial charge in [0.1, 0.15) is 0 Å². The number of hydrogen-bond acceptors (Lipinski definition) is 1. The lowest BCUT2D eigenvalue weighted by atomic mass is 9.79. The second-order valence-corrected chi connectivity index (χ2v) is 12.8. The Labute approximate surface area is 270 Å². The molecule has 0 unspecified atom stereocenters. The molecule has 7 aromatic carbocycles. The van der Waals surface area contributed by atoms with Gasteiger partial charge < -0.3 is 4.90 Å². The van der Waals surface area contributed by atoms with Crippen molar-refractivity contribution in [2.24, 2.45) is 0 Å². The maximum atomic E-state index is 6.91. The minimum Gasteiger partial charge on any atom is -0.310 e. The summed E-state index contributed by atoms with van der Waals surface area (Å²) in [6.45, 7) is 4.71.